The van der Waals surface area contributed by atoms with E-state index in [4.69, 9.17) is 5.73 Å². The minimum atomic E-state index is 0.225. The van der Waals surface area contributed by atoms with Gasteiger partial charge in [0, 0.05) is 6.54 Å². The number of likely N-dealkylation sites (N-methyl/N-ethyl adjacent to an activating group) is 1. The van der Waals surface area contributed by atoms with E-state index in [2.05, 4.69) is 25.1 Å². The Bertz CT molecular complexity index is 95.6. The second-order valence-corrected chi connectivity index (χ2v) is 3.28. The molecule has 0 bridgehead atoms. The zero-order chi connectivity index (χ0) is 7.98. The van der Waals surface area contributed by atoms with Gasteiger partial charge < -0.3 is 5.73 Å². The quantitative estimate of drug-likeness (QED) is 0.370. The fraction of sp³-hybridized carbons (Fsp3) is 0.714. The van der Waals surface area contributed by atoms with Crippen molar-refractivity contribution in [2.75, 3.05) is 19.8 Å². The number of hydrogen-bond acceptors (Lipinski definition) is 2. The van der Waals surface area contributed by atoms with Gasteiger partial charge in [-0.15, -0.1) is 6.58 Å². The molecule has 0 heterocycles. The molecule has 0 saturated carbocycles. The van der Waals surface area contributed by atoms with Crippen molar-refractivity contribution in [1.29, 1.82) is 0 Å². The molecule has 2 nitrogen and oxygen atoms in total. The van der Waals surface area contributed by atoms with Gasteiger partial charge in [-0.25, -0.2) is 0 Å². The maximum absolute atomic E-state index is 5.80. The highest BCUT2D eigenvalue weighted by Crippen LogP contribution is 2.11. The van der Waals surface area contributed by atoms with E-state index >= 15 is 0 Å². The summed E-state index contributed by atoms with van der Waals surface area (Å²) < 4.78 is 0. The lowest BCUT2D eigenvalue weighted by Gasteiger charge is -2.24. The van der Waals surface area contributed by atoms with Crippen molar-refractivity contribution in [3.05, 3.63) is 12.7 Å². The highest BCUT2D eigenvalue weighted by Gasteiger charge is 2.06. The van der Waals surface area contributed by atoms with Gasteiger partial charge in [0.2, 0.25) is 0 Å². The summed E-state index contributed by atoms with van der Waals surface area (Å²) in [4.78, 5) is 2.20. The van der Waals surface area contributed by atoms with E-state index in [0.29, 0.717) is 0 Å². The molecule has 0 aliphatic carbocycles. The van der Waals surface area contributed by atoms with Crippen molar-refractivity contribution in [2.24, 2.45) is 5.73 Å². The molecule has 0 aliphatic heterocycles. The van der Waals surface area contributed by atoms with Gasteiger partial charge >= 0.3 is 0 Å². The Morgan fingerprint density at radius 3 is 2.70 bits per heavy atom. The number of hydrogen-bond donors (Lipinski definition) is 1. The molecule has 0 saturated heterocycles. The average molecular weight is 160 g/mol. The maximum Gasteiger partial charge on any atom is 0.0743 e. The van der Waals surface area contributed by atoms with E-state index < -0.39 is 0 Å². The number of nitrogens with zero attached hydrogens (tertiary/aromatic N) is 1. The Morgan fingerprint density at radius 2 is 2.40 bits per heavy atom. The predicted molar refractivity (Wildman–Crippen MR) is 49.7 cm³/mol. The Morgan fingerprint density at radius 1 is 1.80 bits per heavy atom. The molecule has 0 amide bonds. The van der Waals surface area contributed by atoms with E-state index in [1.807, 2.05) is 6.08 Å². The van der Waals surface area contributed by atoms with E-state index in [1.165, 1.54) is 0 Å². The molecule has 0 spiro atoms. The topological polar surface area (TPSA) is 29.3 Å². The van der Waals surface area contributed by atoms with E-state index in [-0.39, 0.29) is 5.91 Å². The summed E-state index contributed by atoms with van der Waals surface area (Å²) in [6.45, 7) is 9.82. The summed E-state index contributed by atoms with van der Waals surface area (Å²) in [6, 6.07) is 0. The fourth-order valence-electron chi connectivity index (χ4n) is 0.788. The fourth-order valence-corrected chi connectivity index (χ4v) is 1.44. The minimum absolute atomic E-state index is 0.225. The van der Waals surface area contributed by atoms with Crippen LogP contribution in [-0.4, -0.2) is 30.6 Å². The van der Waals surface area contributed by atoms with Crippen LogP contribution in [0.3, 0.4) is 0 Å². The van der Waals surface area contributed by atoms with E-state index in [9.17, 15) is 0 Å². The molecule has 60 valence electrons. The van der Waals surface area contributed by atoms with Crippen LogP contribution >= 0.6 is 8.58 Å². The first-order valence-electron chi connectivity index (χ1n) is 3.54. The summed E-state index contributed by atoms with van der Waals surface area (Å²) in [6.07, 6.45) is 1.89. The summed E-state index contributed by atoms with van der Waals surface area (Å²) >= 11 is 0. The Labute approximate surface area is 65.3 Å². The van der Waals surface area contributed by atoms with Crippen LogP contribution in [0.5, 0.6) is 0 Å². The van der Waals surface area contributed by atoms with Crippen molar-refractivity contribution in [2.45, 2.75) is 12.8 Å². The van der Waals surface area contributed by atoms with E-state index in [1.54, 1.807) is 0 Å². The summed E-state index contributed by atoms with van der Waals surface area (Å²) in [5.74, 6) is 0.225. The smallest absolute Gasteiger partial charge is 0.0743 e. The van der Waals surface area contributed by atoms with Crippen molar-refractivity contribution >= 4 is 8.58 Å². The van der Waals surface area contributed by atoms with Crippen LogP contribution in [0.2, 0.25) is 0 Å². The highest BCUT2D eigenvalue weighted by molar-refractivity contribution is 7.37. The average Bonchev–Trinajstić information content (AvgIpc) is 1.99. The molecule has 2 atom stereocenters. The first kappa shape index (κ1) is 10.1. The van der Waals surface area contributed by atoms with Crippen LogP contribution in [-0.2, 0) is 0 Å². The van der Waals surface area contributed by atoms with Crippen molar-refractivity contribution < 1.29 is 0 Å². The van der Waals surface area contributed by atoms with Crippen LogP contribution < -0.4 is 5.73 Å². The first-order chi connectivity index (χ1) is 4.76. The molecule has 3 heteroatoms. The van der Waals surface area contributed by atoms with Crippen LogP contribution in [0.4, 0.5) is 0 Å². The van der Waals surface area contributed by atoms with Crippen LogP contribution in [0, 0.1) is 0 Å². The molecular formula is C7H17N2P. The van der Waals surface area contributed by atoms with Gasteiger partial charge in [0.05, 0.1) is 5.91 Å². The van der Waals surface area contributed by atoms with Gasteiger partial charge in [0.25, 0.3) is 0 Å². The van der Waals surface area contributed by atoms with Gasteiger partial charge in [-0.3, -0.25) is 4.90 Å². The highest BCUT2D eigenvalue weighted by atomic mass is 31.1. The largest absolute Gasteiger partial charge is 0.312 e. The first-order valence-corrected chi connectivity index (χ1v) is 5.11. The molecule has 0 aromatic heterocycles. The molecule has 0 aromatic rings. The molecule has 10 heavy (non-hydrogen) atoms. The lowest BCUT2D eigenvalue weighted by molar-refractivity contribution is 0.301. The summed E-state index contributed by atoms with van der Waals surface area (Å²) in [7, 11) is 0.784. The lowest BCUT2D eigenvalue weighted by atomic mass is 10.5. The zero-order valence-corrected chi connectivity index (χ0v) is 7.80. The second-order valence-electron chi connectivity index (χ2n) is 2.11. The van der Waals surface area contributed by atoms with Gasteiger partial charge in [-0.2, -0.15) is 0 Å². The summed E-state index contributed by atoms with van der Waals surface area (Å²) in [5, 5.41) is 0. The van der Waals surface area contributed by atoms with Crippen LogP contribution in [0.15, 0.2) is 12.7 Å². The molecular weight excluding hydrogens is 143 g/mol. The molecule has 0 radical (unpaired) electrons. The predicted octanol–water partition coefficient (Wildman–Crippen LogP) is 1.04. The van der Waals surface area contributed by atoms with Crippen molar-refractivity contribution in [1.82, 2.24) is 4.90 Å². The Balaban J connectivity index is 3.67. The molecule has 0 rings (SSSR count). The zero-order valence-electron chi connectivity index (χ0n) is 6.80. The second kappa shape index (κ2) is 5.84. The SMILES string of the molecule is C=CCN(CC)C(N)PC. The van der Waals surface area contributed by atoms with Crippen molar-refractivity contribution in [3.8, 4) is 0 Å². The summed E-state index contributed by atoms with van der Waals surface area (Å²) in [5.41, 5.74) is 5.80. The third kappa shape index (κ3) is 3.31. The normalized spacial score (nSPS) is 14.8. The number of nitrogens with two attached hydrogens (primary N) is 1. The minimum Gasteiger partial charge on any atom is -0.312 e. The van der Waals surface area contributed by atoms with Gasteiger partial charge in [0.15, 0.2) is 0 Å². The molecule has 0 aromatic carbocycles. The number of rotatable bonds is 5. The van der Waals surface area contributed by atoms with Crippen LogP contribution in [0.25, 0.3) is 0 Å². The molecule has 2 unspecified atom stereocenters. The van der Waals surface area contributed by atoms with Crippen molar-refractivity contribution in [3.63, 3.8) is 0 Å². The monoisotopic (exact) mass is 160 g/mol. The molecule has 0 fully saturated rings. The third-order valence-electron chi connectivity index (χ3n) is 1.46. The maximum atomic E-state index is 5.80. The van der Waals surface area contributed by atoms with Gasteiger partial charge in [0.1, 0.15) is 0 Å². The van der Waals surface area contributed by atoms with Gasteiger partial charge in [-0.1, -0.05) is 21.6 Å². The lowest BCUT2D eigenvalue weighted by Crippen LogP contribution is -2.38. The van der Waals surface area contributed by atoms with E-state index in [0.717, 1.165) is 21.7 Å². The third-order valence-corrected chi connectivity index (χ3v) is 2.42. The Hall–Kier alpha value is 0.0900. The van der Waals surface area contributed by atoms with Crippen LogP contribution in [0.1, 0.15) is 6.92 Å². The van der Waals surface area contributed by atoms with Gasteiger partial charge in [-0.05, 0) is 13.2 Å². The molecule has 0 aliphatic rings. The Kier molecular flexibility index (Phi) is 5.90. The molecule has 2 N–H and O–H groups in total. The standard InChI is InChI=1S/C7H17N2P/c1-4-6-9(5-2)7(8)10-3/h4,7,10H,1,5-6,8H2,2-3H3.